The Morgan fingerprint density at radius 2 is 1.78 bits per heavy atom. The molecule has 0 amide bonds. The Morgan fingerprint density at radius 1 is 1.07 bits per heavy atom. The number of benzene rings is 1. The Kier molecular flexibility index (Phi) is 4.98. The van der Waals surface area contributed by atoms with Gasteiger partial charge in [-0.1, -0.05) is 11.6 Å². The molecule has 0 aliphatic carbocycles. The molecule has 0 unspecified atom stereocenters. The van der Waals surface area contributed by atoms with Crippen LogP contribution in [0.5, 0.6) is 0 Å². The summed E-state index contributed by atoms with van der Waals surface area (Å²) < 4.78 is 27.9. The Labute approximate surface area is 167 Å². The van der Waals surface area contributed by atoms with E-state index in [-0.39, 0.29) is 0 Å². The van der Waals surface area contributed by atoms with Crippen LogP contribution in [0.3, 0.4) is 0 Å². The van der Waals surface area contributed by atoms with E-state index in [1.54, 1.807) is 10.4 Å². The molecule has 1 aromatic carbocycles. The first-order valence-corrected chi connectivity index (χ1v) is 11.2. The Bertz CT molecular complexity index is 1040. The monoisotopic (exact) mass is 422 g/mol. The zero-order valence-corrected chi connectivity index (χ0v) is 17.1. The van der Waals surface area contributed by atoms with Crippen LogP contribution >= 0.6 is 22.9 Å². The van der Waals surface area contributed by atoms with Gasteiger partial charge in [0.2, 0.25) is 0 Å². The number of hydrogen-bond acceptors (Lipinski definition) is 5. The number of H-pyrrole nitrogens is 1. The summed E-state index contributed by atoms with van der Waals surface area (Å²) in [6, 6.07) is 13.0. The summed E-state index contributed by atoms with van der Waals surface area (Å²) in [4.78, 5) is 3.02. The lowest BCUT2D eigenvalue weighted by Crippen LogP contribution is -2.48. The summed E-state index contributed by atoms with van der Waals surface area (Å²) in [5.41, 5.74) is 2.77. The third-order valence-corrected chi connectivity index (χ3v) is 8.29. The molecule has 2 aromatic heterocycles. The van der Waals surface area contributed by atoms with Crippen molar-refractivity contribution in [1.29, 1.82) is 0 Å². The minimum atomic E-state index is -3.49. The van der Waals surface area contributed by atoms with Crippen molar-refractivity contribution < 1.29 is 8.42 Å². The maximum Gasteiger partial charge on any atom is 0.252 e. The minimum absolute atomic E-state index is 0.359. The van der Waals surface area contributed by atoms with E-state index in [0.717, 1.165) is 22.0 Å². The van der Waals surface area contributed by atoms with Crippen molar-refractivity contribution in [1.82, 2.24) is 14.5 Å². The number of anilines is 1. The molecule has 27 heavy (non-hydrogen) atoms. The van der Waals surface area contributed by atoms with Crippen molar-refractivity contribution in [3.05, 3.63) is 53.2 Å². The first-order valence-electron chi connectivity index (χ1n) is 8.56. The lowest BCUT2D eigenvalue weighted by atomic mass is 10.2. The lowest BCUT2D eigenvalue weighted by Gasteiger charge is -2.35. The van der Waals surface area contributed by atoms with Gasteiger partial charge < -0.3 is 4.90 Å². The molecule has 0 bridgehead atoms. The van der Waals surface area contributed by atoms with E-state index in [4.69, 9.17) is 11.6 Å². The quantitative estimate of drug-likeness (QED) is 0.697. The molecule has 0 radical (unpaired) electrons. The number of aromatic amines is 1. The molecule has 1 aliphatic rings. The van der Waals surface area contributed by atoms with E-state index >= 15 is 0 Å². The van der Waals surface area contributed by atoms with E-state index in [1.807, 2.05) is 43.3 Å². The van der Waals surface area contributed by atoms with E-state index in [9.17, 15) is 8.42 Å². The maximum absolute atomic E-state index is 13.0. The molecule has 142 valence electrons. The lowest BCUT2D eigenvalue weighted by molar-refractivity contribution is 0.386. The van der Waals surface area contributed by atoms with Crippen LogP contribution in [0.2, 0.25) is 5.02 Å². The molecule has 1 saturated heterocycles. The number of nitrogens with zero attached hydrogens (tertiary/aromatic N) is 3. The van der Waals surface area contributed by atoms with Crippen molar-refractivity contribution >= 4 is 38.6 Å². The fourth-order valence-electron chi connectivity index (χ4n) is 3.11. The topological polar surface area (TPSA) is 69.3 Å². The van der Waals surface area contributed by atoms with E-state index in [1.165, 1.54) is 11.3 Å². The van der Waals surface area contributed by atoms with Crippen LogP contribution in [0.15, 0.2) is 46.7 Å². The van der Waals surface area contributed by atoms with Crippen LogP contribution in [0.25, 0.3) is 10.6 Å². The van der Waals surface area contributed by atoms with Gasteiger partial charge in [-0.05, 0) is 49.4 Å². The van der Waals surface area contributed by atoms with Gasteiger partial charge >= 0.3 is 0 Å². The molecule has 3 heterocycles. The second kappa shape index (κ2) is 7.27. The number of aromatic nitrogens is 2. The van der Waals surface area contributed by atoms with Crippen molar-refractivity contribution in [3.63, 3.8) is 0 Å². The first kappa shape index (κ1) is 18.5. The number of sulfonamides is 1. The van der Waals surface area contributed by atoms with Gasteiger partial charge in [0.05, 0.1) is 4.88 Å². The number of rotatable bonds is 4. The third-order valence-electron chi connectivity index (χ3n) is 4.56. The number of nitrogens with one attached hydrogen (secondary N) is 1. The van der Waals surface area contributed by atoms with Crippen LogP contribution in [0.4, 0.5) is 5.69 Å². The van der Waals surface area contributed by atoms with Crippen molar-refractivity contribution in [3.8, 4) is 10.6 Å². The zero-order valence-electron chi connectivity index (χ0n) is 14.7. The summed E-state index contributed by atoms with van der Waals surface area (Å²) in [7, 11) is -3.49. The third kappa shape index (κ3) is 3.75. The second-order valence-electron chi connectivity index (χ2n) is 6.42. The second-order valence-corrected chi connectivity index (χ2v) is 10.1. The van der Waals surface area contributed by atoms with Gasteiger partial charge in [0, 0.05) is 42.6 Å². The highest BCUT2D eigenvalue weighted by Gasteiger charge is 2.30. The summed E-state index contributed by atoms with van der Waals surface area (Å²) in [5.74, 6) is 0. The number of piperazine rings is 1. The van der Waals surface area contributed by atoms with Crippen molar-refractivity contribution in [2.75, 3.05) is 31.1 Å². The molecule has 4 rings (SSSR count). The van der Waals surface area contributed by atoms with E-state index in [0.29, 0.717) is 35.4 Å². The average Bonchev–Trinajstić information content (AvgIpc) is 3.32. The summed E-state index contributed by atoms with van der Waals surface area (Å²) >= 11 is 7.20. The molecule has 1 fully saturated rings. The Morgan fingerprint density at radius 3 is 2.41 bits per heavy atom. The molecular formula is C18H19ClN4O2S2. The number of aryl methyl sites for hydroxylation is 1. The SMILES string of the molecule is Cc1cc(-c2ccc(S(=O)(=O)N3CCN(c4ccc(Cl)cc4)CC3)s2)n[nH]1. The van der Waals surface area contributed by atoms with Crippen LogP contribution in [0, 0.1) is 6.92 Å². The molecule has 0 atom stereocenters. The largest absolute Gasteiger partial charge is 0.369 e. The number of thiophene rings is 1. The van der Waals surface area contributed by atoms with Gasteiger partial charge in [-0.15, -0.1) is 11.3 Å². The molecule has 6 nitrogen and oxygen atoms in total. The van der Waals surface area contributed by atoms with Crippen molar-refractivity contribution in [2.45, 2.75) is 11.1 Å². The van der Waals surface area contributed by atoms with Gasteiger partial charge in [0.15, 0.2) is 0 Å². The van der Waals surface area contributed by atoms with Gasteiger partial charge in [0.1, 0.15) is 9.90 Å². The summed E-state index contributed by atoms with van der Waals surface area (Å²) in [6.45, 7) is 4.14. The highest BCUT2D eigenvalue weighted by atomic mass is 35.5. The normalized spacial score (nSPS) is 16.0. The fraction of sp³-hybridized carbons (Fsp3) is 0.278. The zero-order chi connectivity index (χ0) is 19.0. The van der Waals surface area contributed by atoms with Crippen molar-refractivity contribution in [2.24, 2.45) is 0 Å². The van der Waals surface area contributed by atoms with Crippen LogP contribution < -0.4 is 4.90 Å². The maximum atomic E-state index is 13.0. The standard InChI is InChI=1S/C18H19ClN4O2S2/c1-13-12-16(21-20-13)17-6-7-18(26-17)27(24,25)23-10-8-22(9-11-23)15-4-2-14(19)3-5-15/h2-7,12H,8-11H2,1H3,(H,20,21). The van der Waals surface area contributed by atoms with Crippen LogP contribution in [-0.4, -0.2) is 49.1 Å². The molecule has 0 saturated carbocycles. The summed E-state index contributed by atoms with van der Waals surface area (Å²) in [5, 5.41) is 7.78. The molecule has 3 aromatic rings. The Balaban J connectivity index is 1.47. The number of hydrogen-bond donors (Lipinski definition) is 1. The van der Waals surface area contributed by atoms with Gasteiger partial charge in [-0.2, -0.15) is 9.40 Å². The highest BCUT2D eigenvalue weighted by Crippen LogP contribution is 2.32. The molecular weight excluding hydrogens is 404 g/mol. The minimum Gasteiger partial charge on any atom is -0.369 e. The fourth-order valence-corrected chi connectivity index (χ4v) is 6.08. The van der Waals surface area contributed by atoms with E-state index in [2.05, 4.69) is 15.1 Å². The average molecular weight is 423 g/mol. The first-order chi connectivity index (χ1) is 12.9. The van der Waals surface area contributed by atoms with Crippen LogP contribution in [0.1, 0.15) is 5.69 Å². The predicted molar refractivity (Wildman–Crippen MR) is 109 cm³/mol. The van der Waals surface area contributed by atoms with Gasteiger partial charge in [-0.3, -0.25) is 5.10 Å². The predicted octanol–water partition coefficient (Wildman–Crippen LogP) is 3.61. The Hall–Kier alpha value is -1.87. The van der Waals surface area contributed by atoms with E-state index < -0.39 is 10.0 Å². The van der Waals surface area contributed by atoms with Gasteiger partial charge in [-0.25, -0.2) is 8.42 Å². The molecule has 0 spiro atoms. The summed E-state index contributed by atoms with van der Waals surface area (Å²) in [6.07, 6.45) is 0. The van der Waals surface area contributed by atoms with Gasteiger partial charge in [0.25, 0.3) is 10.0 Å². The number of halogens is 1. The smallest absolute Gasteiger partial charge is 0.252 e. The molecule has 1 N–H and O–H groups in total. The highest BCUT2D eigenvalue weighted by molar-refractivity contribution is 7.91. The molecule has 1 aliphatic heterocycles. The van der Waals surface area contributed by atoms with Crippen LogP contribution in [-0.2, 0) is 10.0 Å². The molecule has 9 heteroatoms.